The highest BCUT2D eigenvalue weighted by Gasteiger charge is 2.55. The number of rotatable bonds is 2. The van der Waals surface area contributed by atoms with E-state index in [0.29, 0.717) is 0 Å². The maximum absolute atomic E-state index is 6.79. The first-order chi connectivity index (χ1) is 30.7. The van der Waals surface area contributed by atoms with Crippen molar-refractivity contribution in [3.63, 3.8) is 0 Å². The fourth-order valence-corrected chi connectivity index (χ4v) is 17.5. The molecule has 0 amide bonds. The minimum atomic E-state index is -2.68. The van der Waals surface area contributed by atoms with Crippen molar-refractivity contribution in [2.24, 2.45) is 0 Å². The first-order valence-corrected chi connectivity index (χ1v) is 23.6. The fraction of sp³-hybridized carbons (Fsp3) is 0.0169. The van der Waals surface area contributed by atoms with Crippen molar-refractivity contribution < 1.29 is 4.74 Å². The number of anilines is 3. The molecule has 14 rings (SSSR count). The molecule has 0 radical (unpaired) electrons. The summed E-state index contributed by atoms with van der Waals surface area (Å²) in [5.41, 5.74) is 15.4. The Kier molecular flexibility index (Phi) is 6.82. The average Bonchev–Trinajstić information content (AvgIpc) is 3.81. The van der Waals surface area contributed by atoms with Crippen molar-refractivity contribution in [1.82, 2.24) is 0 Å². The lowest BCUT2D eigenvalue weighted by molar-refractivity contribution is 0.434. The largest absolute Gasteiger partial charge is 0.457 e. The van der Waals surface area contributed by atoms with Crippen LogP contribution in [-0.2, 0) is 5.41 Å². The van der Waals surface area contributed by atoms with Crippen LogP contribution in [-0.4, -0.2) is 8.07 Å². The maximum atomic E-state index is 6.79. The molecule has 0 saturated carbocycles. The number of para-hydroxylation sites is 3. The van der Waals surface area contributed by atoms with Crippen LogP contribution < -0.4 is 30.4 Å². The summed E-state index contributed by atoms with van der Waals surface area (Å²) in [6, 6.07) is 84.2. The van der Waals surface area contributed by atoms with Gasteiger partial charge in [-0.1, -0.05) is 176 Å². The summed E-state index contributed by atoms with van der Waals surface area (Å²) in [5.74, 6) is 1.77. The molecule has 10 aromatic carbocycles. The van der Waals surface area contributed by atoms with Gasteiger partial charge in [-0.3, -0.25) is 0 Å². The zero-order chi connectivity index (χ0) is 40.6. The van der Waals surface area contributed by atoms with Crippen LogP contribution in [0.1, 0.15) is 22.3 Å². The molecule has 2 spiro atoms. The molecule has 4 aliphatic rings. The van der Waals surface area contributed by atoms with E-state index in [4.69, 9.17) is 4.74 Å². The second-order valence-electron chi connectivity index (χ2n) is 17.1. The molecule has 3 heteroatoms. The topological polar surface area (TPSA) is 12.5 Å². The Balaban J connectivity index is 1.08. The molecule has 0 N–H and O–H groups in total. The SMILES string of the molecule is c1ccc2c(c1)Oc1ccccc1C21c2ccccc2N(c2ccc3c(c2)[Si]2(c4ccccc4-c4ccccc42)c2ccccc2-3)c2ccc(-c3ccc4ccccc4c3)cc21. The molecule has 4 heterocycles. The fourth-order valence-electron chi connectivity index (χ4n) is 11.9. The summed E-state index contributed by atoms with van der Waals surface area (Å²) < 4.78 is 6.79. The molecular weight excluding hydrogens is 767 g/mol. The van der Waals surface area contributed by atoms with E-state index in [0.717, 1.165) is 28.3 Å². The molecule has 0 saturated heterocycles. The Morgan fingerprint density at radius 1 is 0.339 bits per heavy atom. The molecule has 0 aliphatic carbocycles. The van der Waals surface area contributed by atoms with Gasteiger partial charge >= 0.3 is 0 Å². The van der Waals surface area contributed by atoms with Gasteiger partial charge in [0, 0.05) is 16.8 Å². The maximum Gasteiger partial charge on any atom is 0.182 e. The molecule has 10 aromatic rings. The van der Waals surface area contributed by atoms with E-state index in [9.17, 15) is 0 Å². The summed E-state index contributed by atoms with van der Waals surface area (Å²) in [5, 5.41) is 8.39. The van der Waals surface area contributed by atoms with Gasteiger partial charge in [-0.25, -0.2) is 0 Å². The highest BCUT2D eigenvalue weighted by Crippen LogP contribution is 2.63. The van der Waals surface area contributed by atoms with Crippen LogP contribution >= 0.6 is 0 Å². The minimum Gasteiger partial charge on any atom is -0.457 e. The van der Waals surface area contributed by atoms with Crippen molar-refractivity contribution in [3.8, 4) is 44.9 Å². The highest BCUT2D eigenvalue weighted by atomic mass is 28.3. The predicted molar refractivity (Wildman–Crippen MR) is 258 cm³/mol. The standard InChI is InChI=1S/C59H37NOSi/c1-2-16-39-35-40(30-29-38(39)15-1)41-31-34-52-50(36-41)59(48-21-7-10-24-53(48)61-54-25-11-8-22-49(54)59)47-20-6-9-23-51(47)60(52)42-32-33-46-45-19-5-14-28-57(45)62(58(46)37-42)55-26-12-3-17-43(55)44-18-4-13-27-56(44)62/h1-37H. The van der Waals surface area contributed by atoms with Gasteiger partial charge in [-0.2, -0.15) is 0 Å². The van der Waals surface area contributed by atoms with Crippen LogP contribution in [0.2, 0.25) is 0 Å². The molecule has 2 nitrogen and oxygen atoms in total. The van der Waals surface area contributed by atoms with Crippen molar-refractivity contribution in [1.29, 1.82) is 0 Å². The molecule has 0 unspecified atom stereocenters. The van der Waals surface area contributed by atoms with Crippen molar-refractivity contribution in [3.05, 3.63) is 247 Å². The Morgan fingerprint density at radius 2 is 0.839 bits per heavy atom. The average molecular weight is 804 g/mol. The predicted octanol–water partition coefficient (Wildman–Crippen LogP) is 12.1. The Bertz CT molecular complexity index is 3440. The summed E-state index contributed by atoms with van der Waals surface area (Å²) in [6.45, 7) is 0. The third-order valence-corrected chi connectivity index (χ3v) is 19.3. The molecule has 288 valence electrons. The Hall–Kier alpha value is -7.72. The Labute approximate surface area is 361 Å². The van der Waals surface area contributed by atoms with Crippen LogP contribution in [0.3, 0.4) is 0 Å². The van der Waals surface area contributed by atoms with E-state index in [1.165, 1.54) is 87.4 Å². The highest BCUT2D eigenvalue weighted by molar-refractivity contribution is 7.24. The smallest absolute Gasteiger partial charge is 0.182 e. The van der Waals surface area contributed by atoms with E-state index in [-0.39, 0.29) is 0 Å². The van der Waals surface area contributed by atoms with Gasteiger partial charge in [-0.05, 0) is 125 Å². The van der Waals surface area contributed by atoms with Crippen LogP contribution in [0.5, 0.6) is 11.5 Å². The van der Waals surface area contributed by atoms with Gasteiger partial charge < -0.3 is 9.64 Å². The van der Waals surface area contributed by atoms with Crippen LogP contribution in [0, 0.1) is 0 Å². The van der Waals surface area contributed by atoms with Gasteiger partial charge in [0.25, 0.3) is 0 Å². The third-order valence-electron chi connectivity index (χ3n) is 14.3. The van der Waals surface area contributed by atoms with Crippen LogP contribution in [0.15, 0.2) is 224 Å². The second-order valence-corrected chi connectivity index (χ2v) is 20.8. The number of ether oxygens (including phenoxy) is 1. The zero-order valence-electron chi connectivity index (χ0n) is 33.7. The minimum absolute atomic E-state index is 0.660. The third kappa shape index (κ3) is 4.23. The molecule has 4 aliphatic heterocycles. The number of nitrogens with zero attached hydrogens (tertiary/aromatic N) is 1. The number of fused-ring (bicyclic) bond motifs is 19. The van der Waals surface area contributed by atoms with E-state index in [1.54, 1.807) is 0 Å². The zero-order valence-corrected chi connectivity index (χ0v) is 34.7. The molecule has 62 heavy (non-hydrogen) atoms. The van der Waals surface area contributed by atoms with E-state index >= 15 is 0 Å². The molecule has 0 aromatic heterocycles. The number of benzene rings is 10. The van der Waals surface area contributed by atoms with Gasteiger partial charge in [0.1, 0.15) is 11.5 Å². The van der Waals surface area contributed by atoms with Crippen LogP contribution in [0.4, 0.5) is 17.1 Å². The van der Waals surface area contributed by atoms with Gasteiger partial charge in [0.05, 0.1) is 16.8 Å². The van der Waals surface area contributed by atoms with Gasteiger partial charge in [-0.15, -0.1) is 0 Å². The van der Waals surface area contributed by atoms with Crippen LogP contribution in [0.25, 0.3) is 44.2 Å². The second kappa shape index (κ2) is 12.4. The summed E-state index contributed by atoms with van der Waals surface area (Å²) in [4.78, 5) is 2.55. The summed E-state index contributed by atoms with van der Waals surface area (Å²) in [6.07, 6.45) is 0. The molecule has 0 atom stereocenters. The van der Waals surface area contributed by atoms with Crippen molar-refractivity contribution >= 4 is 56.7 Å². The first-order valence-electron chi connectivity index (χ1n) is 21.6. The van der Waals surface area contributed by atoms with Gasteiger partial charge in [0.15, 0.2) is 8.07 Å². The monoisotopic (exact) mass is 803 g/mol. The lowest BCUT2D eigenvalue weighted by Gasteiger charge is -2.48. The Morgan fingerprint density at radius 3 is 1.52 bits per heavy atom. The summed E-state index contributed by atoms with van der Waals surface area (Å²) >= 11 is 0. The van der Waals surface area contributed by atoms with E-state index in [1.807, 2.05) is 0 Å². The van der Waals surface area contributed by atoms with Crippen molar-refractivity contribution in [2.75, 3.05) is 4.90 Å². The van der Waals surface area contributed by atoms with Crippen molar-refractivity contribution in [2.45, 2.75) is 5.41 Å². The number of hydrogen-bond donors (Lipinski definition) is 0. The molecule has 0 bridgehead atoms. The lowest BCUT2D eigenvalue weighted by Crippen LogP contribution is -2.70. The number of hydrogen-bond acceptors (Lipinski definition) is 2. The van der Waals surface area contributed by atoms with E-state index in [2.05, 4.69) is 229 Å². The summed E-state index contributed by atoms with van der Waals surface area (Å²) in [7, 11) is -2.68. The molecular formula is C59H37NOSi. The molecule has 0 fully saturated rings. The quantitative estimate of drug-likeness (QED) is 0.161. The first kappa shape index (κ1) is 34.0. The normalized spacial score (nSPS) is 14.8. The van der Waals surface area contributed by atoms with Gasteiger partial charge in [0.2, 0.25) is 0 Å². The lowest BCUT2D eigenvalue weighted by atomic mass is 9.61. The van der Waals surface area contributed by atoms with E-state index < -0.39 is 13.5 Å².